The van der Waals surface area contributed by atoms with Crippen molar-refractivity contribution in [3.63, 3.8) is 0 Å². The highest BCUT2D eigenvalue weighted by atomic mass is 16.2. The van der Waals surface area contributed by atoms with Crippen LogP contribution in [0.1, 0.15) is 41.0 Å². The molecule has 0 aromatic carbocycles. The molecule has 0 aliphatic rings. The Balaban J connectivity index is 4.49. The molecule has 1 atom stereocenters. The number of hydrogen-bond acceptors (Lipinski definition) is 2. The number of amides is 1. The van der Waals surface area contributed by atoms with Crippen molar-refractivity contribution in [3.8, 4) is 6.07 Å². The van der Waals surface area contributed by atoms with E-state index < -0.39 is 0 Å². The molecule has 0 rings (SSSR count). The second kappa shape index (κ2) is 7.27. The van der Waals surface area contributed by atoms with Crippen LogP contribution in [0.15, 0.2) is 0 Å². The maximum absolute atomic E-state index is 12.1. The first-order valence-corrected chi connectivity index (χ1v) is 6.05. The third kappa shape index (κ3) is 5.16. The van der Waals surface area contributed by atoms with E-state index in [0.717, 1.165) is 6.54 Å². The van der Waals surface area contributed by atoms with E-state index in [-0.39, 0.29) is 11.8 Å². The van der Waals surface area contributed by atoms with E-state index in [0.29, 0.717) is 24.8 Å². The molecule has 0 aliphatic heterocycles. The number of carbonyl (C=O) groups is 1. The Bertz CT molecular complexity index is 253. The summed E-state index contributed by atoms with van der Waals surface area (Å²) < 4.78 is 0. The molecule has 0 radical (unpaired) electrons. The lowest BCUT2D eigenvalue weighted by atomic mass is 9.96. The summed E-state index contributed by atoms with van der Waals surface area (Å²) in [6.45, 7) is 11.6. The molecule has 0 aliphatic carbocycles. The van der Waals surface area contributed by atoms with Gasteiger partial charge in [0.05, 0.1) is 12.5 Å². The third-order valence-electron chi connectivity index (χ3n) is 2.78. The molecule has 0 saturated heterocycles. The average molecular weight is 224 g/mol. The van der Waals surface area contributed by atoms with Gasteiger partial charge in [-0.25, -0.2) is 0 Å². The van der Waals surface area contributed by atoms with Crippen LogP contribution >= 0.6 is 0 Å². The van der Waals surface area contributed by atoms with Gasteiger partial charge in [-0.15, -0.1) is 0 Å². The van der Waals surface area contributed by atoms with E-state index >= 15 is 0 Å². The molecule has 0 bridgehead atoms. The molecule has 1 unspecified atom stereocenters. The van der Waals surface area contributed by atoms with E-state index in [4.69, 9.17) is 5.26 Å². The zero-order valence-electron chi connectivity index (χ0n) is 11.2. The van der Waals surface area contributed by atoms with Crippen molar-refractivity contribution in [1.29, 1.82) is 5.26 Å². The molecular weight excluding hydrogens is 200 g/mol. The molecule has 1 amide bonds. The summed E-state index contributed by atoms with van der Waals surface area (Å²) in [5, 5.41) is 8.59. The molecule has 92 valence electrons. The van der Waals surface area contributed by atoms with Gasteiger partial charge in [-0.2, -0.15) is 5.26 Å². The van der Waals surface area contributed by atoms with Gasteiger partial charge in [0.25, 0.3) is 0 Å². The summed E-state index contributed by atoms with van der Waals surface area (Å²) in [5.41, 5.74) is 0. The van der Waals surface area contributed by atoms with Gasteiger partial charge < -0.3 is 4.90 Å². The highest BCUT2D eigenvalue weighted by Crippen LogP contribution is 2.14. The molecule has 0 N–H and O–H groups in total. The van der Waals surface area contributed by atoms with Crippen LogP contribution in [0.4, 0.5) is 0 Å². The molecule has 3 nitrogen and oxygen atoms in total. The molecule has 0 heterocycles. The fourth-order valence-electron chi connectivity index (χ4n) is 1.49. The van der Waals surface area contributed by atoms with Gasteiger partial charge in [0.1, 0.15) is 0 Å². The van der Waals surface area contributed by atoms with Gasteiger partial charge >= 0.3 is 0 Å². The van der Waals surface area contributed by atoms with Crippen LogP contribution < -0.4 is 0 Å². The Kier molecular flexibility index (Phi) is 6.80. The number of nitriles is 1. The lowest BCUT2D eigenvalue weighted by Gasteiger charge is -2.28. The van der Waals surface area contributed by atoms with Crippen molar-refractivity contribution in [3.05, 3.63) is 0 Å². The second-order valence-corrected chi connectivity index (χ2v) is 5.12. The fraction of sp³-hybridized carbons (Fsp3) is 0.846. The fourth-order valence-corrected chi connectivity index (χ4v) is 1.49. The Morgan fingerprint density at radius 2 is 1.81 bits per heavy atom. The molecule has 16 heavy (non-hydrogen) atoms. The summed E-state index contributed by atoms with van der Waals surface area (Å²) >= 11 is 0. The minimum Gasteiger partial charge on any atom is -0.341 e. The lowest BCUT2D eigenvalue weighted by Crippen LogP contribution is -2.39. The number of carbonyl (C=O) groups excluding carboxylic acids is 1. The van der Waals surface area contributed by atoms with Crippen molar-refractivity contribution in [2.45, 2.75) is 41.0 Å². The van der Waals surface area contributed by atoms with Crippen molar-refractivity contribution in [1.82, 2.24) is 4.90 Å². The molecule has 0 spiro atoms. The monoisotopic (exact) mass is 224 g/mol. The van der Waals surface area contributed by atoms with Crippen molar-refractivity contribution in [2.75, 3.05) is 13.1 Å². The van der Waals surface area contributed by atoms with Gasteiger partial charge in [-0.3, -0.25) is 4.79 Å². The second-order valence-electron chi connectivity index (χ2n) is 5.12. The van der Waals surface area contributed by atoms with Gasteiger partial charge in [-0.05, 0) is 11.8 Å². The smallest absolute Gasteiger partial charge is 0.225 e. The molecule has 0 saturated carbocycles. The minimum absolute atomic E-state index is 0.0393. The normalized spacial score (nSPS) is 12.6. The standard InChI is InChI=1S/C13H24N2O/c1-10(2)9-15(8-6-7-14)13(16)12(5)11(3)4/h10-12H,6,8-9H2,1-5H3. The van der Waals surface area contributed by atoms with Gasteiger partial charge in [0, 0.05) is 19.0 Å². The average Bonchev–Trinajstić information content (AvgIpc) is 2.21. The number of rotatable bonds is 6. The first-order chi connectivity index (χ1) is 7.40. The topological polar surface area (TPSA) is 44.1 Å². The predicted molar refractivity (Wildman–Crippen MR) is 65.7 cm³/mol. The summed E-state index contributed by atoms with van der Waals surface area (Å²) in [6.07, 6.45) is 0.420. The molecule has 0 aromatic rings. The zero-order valence-corrected chi connectivity index (χ0v) is 11.2. The first-order valence-electron chi connectivity index (χ1n) is 6.05. The molecule has 0 aromatic heterocycles. The van der Waals surface area contributed by atoms with Gasteiger partial charge in [-0.1, -0.05) is 34.6 Å². The maximum Gasteiger partial charge on any atom is 0.225 e. The van der Waals surface area contributed by atoms with Gasteiger partial charge in [0.2, 0.25) is 5.91 Å². The molecule has 3 heteroatoms. The minimum atomic E-state index is 0.0393. The van der Waals surface area contributed by atoms with E-state index in [1.54, 1.807) is 0 Å². The highest BCUT2D eigenvalue weighted by Gasteiger charge is 2.23. The van der Waals surface area contributed by atoms with Gasteiger partial charge in [0.15, 0.2) is 0 Å². The van der Waals surface area contributed by atoms with Crippen LogP contribution in [0.25, 0.3) is 0 Å². The Hall–Kier alpha value is -1.04. The number of nitrogens with zero attached hydrogens (tertiary/aromatic N) is 2. The summed E-state index contributed by atoms with van der Waals surface area (Å²) in [6, 6.07) is 2.10. The highest BCUT2D eigenvalue weighted by molar-refractivity contribution is 5.78. The Labute approximate surface area is 99.4 Å². The maximum atomic E-state index is 12.1. The summed E-state index contributed by atoms with van der Waals surface area (Å²) in [7, 11) is 0. The Morgan fingerprint density at radius 1 is 1.25 bits per heavy atom. The Morgan fingerprint density at radius 3 is 2.19 bits per heavy atom. The van der Waals surface area contributed by atoms with Crippen molar-refractivity contribution in [2.24, 2.45) is 17.8 Å². The summed E-state index contributed by atoms with van der Waals surface area (Å²) in [4.78, 5) is 14.0. The molecular formula is C13H24N2O. The predicted octanol–water partition coefficient (Wildman–Crippen LogP) is 2.68. The number of hydrogen-bond donors (Lipinski definition) is 0. The van der Waals surface area contributed by atoms with Crippen LogP contribution in [-0.2, 0) is 4.79 Å². The van der Waals surface area contributed by atoms with E-state index in [1.807, 2.05) is 11.8 Å². The summed E-state index contributed by atoms with van der Waals surface area (Å²) in [5.74, 6) is 1.02. The quantitative estimate of drug-likeness (QED) is 0.696. The van der Waals surface area contributed by atoms with Crippen LogP contribution in [0.2, 0.25) is 0 Å². The van der Waals surface area contributed by atoms with Crippen LogP contribution in [0.5, 0.6) is 0 Å². The zero-order chi connectivity index (χ0) is 12.7. The first kappa shape index (κ1) is 15.0. The van der Waals surface area contributed by atoms with E-state index in [9.17, 15) is 4.79 Å². The van der Waals surface area contributed by atoms with Crippen LogP contribution in [-0.4, -0.2) is 23.9 Å². The van der Waals surface area contributed by atoms with E-state index in [1.165, 1.54) is 0 Å². The third-order valence-corrected chi connectivity index (χ3v) is 2.78. The largest absolute Gasteiger partial charge is 0.341 e. The molecule has 0 fully saturated rings. The van der Waals surface area contributed by atoms with Crippen molar-refractivity contribution >= 4 is 5.91 Å². The SMILES string of the molecule is CC(C)CN(CCC#N)C(=O)C(C)C(C)C. The van der Waals surface area contributed by atoms with E-state index in [2.05, 4.69) is 33.8 Å². The van der Waals surface area contributed by atoms with Crippen LogP contribution in [0.3, 0.4) is 0 Å². The van der Waals surface area contributed by atoms with Crippen molar-refractivity contribution < 1.29 is 4.79 Å². The van der Waals surface area contributed by atoms with Crippen LogP contribution in [0, 0.1) is 29.1 Å². The lowest BCUT2D eigenvalue weighted by molar-refractivity contribution is -0.136.